The molecule has 1 aliphatic heterocycles. The van der Waals surface area contributed by atoms with Crippen LogP contribution in [0.4, 0.5) is 4.79 Å². The van der Waals surface area contributed by atoms with Crippen LogP contribution in [0.15, 0.2) is 77.9 Å². The Balaban J connectivity index is 1.37. The average Bonchev–Trinajstić information content (AvgIpc) is 3.55. The van der Waals surface area contributed by atoms with Crippen molar-refractivity contribution in [1.29, 1.82) is 0 Å². The number of aromatic nitrogens is 3. The topological polar surface area (TPSA) is 93.0 Å². The fourth-order valence-electron chi connectivity index (χ4n) is 6.90. The number of amides is 2. The number of methoxy groups -OCH3 is 1. The SMILES string of the molecule is COc1cccc(CN(CCCn2ccnc2)C(=O)[C@H]2CN(C3c4ccc(Cl)cc4CCc4cc(Br)cnc43)CCN2C(=O)OC(C)(C)C)c1. The van der Waals surface area contributed by atoms with Gasteiger partial charge in [0.1, 0.15) is 17.4 Å². The Kier molecular flexibility index (Phi) is 11.1. The van der Waals surface area contributed by atoms with Gasteiger partial charge in [0.05, 0.1) is 25.2 Å². The lowest BCUT2D eigenvalue weighted by molar-refractivity contribution is -0.140. The van der Waals surface area contributed by atoms with E-state index in [9.17, 15) is 9.59 Å². The lowest BCUT2D eigenvalue weighted by Crippen LogP contribution is -2.62. The number of rotatable bonds is 9. The van der Waals surface area contributed by atoms with Crippen molar-refractivity contribution < 1.29 is 19.1 Å². The van der Waals surface area contributed by atoms with Gasteiger partial charge in [0, 0.05) is 67.4 Å². The van der Waals surface area contributed by atoms with Crippen LogP contribution in [0.25, 0.3) is 0 Å². The minimum atomic E-state index is -0.796. The molecule has 2 atom stereocenters. The van der Waals surface area contributed by atoms with Crippen molar-refractivity contribution in [3.63, 3.8) is 0 Å². The van der Waals surface area contributed by atoms with Crippen LogP contribution in [-0.4, -0.2) is 86.2 Å². The van der Waals surface area contributed by atoms with E-state index in [1.165, 1.54) is 0 Å². The quantitative estimate of drug-likeness (QED) is 0.183. The number of piperazine rings is 1. The Bertz CT molecular complexity index is 1760. The number of carbonyl (C=O) groups is 2. The second-order valence-electron chi connectivity index (χ2n) is 13.9. The molecule has 50 heavy (non-hydrogen) atoms. The highest BCUT2D eigenvalue weighted by Crippen LogP contribution is 2.39. The van der Waals surface area contributed by atoms with Gasteiger partial charge in [0.2, 0.25) is 5.91 Å². The largest absolute Gasteiger partial charge is 0.497 e. The van der Waals surface area contributed by atoms with E-state index in [0.29, 0.717) is 50.7 Å². The van der Waals surface area contributed by atoms with Crippen LogP contribution in [0.3, 0.4) is 0 Å². The molecule has 1 saturated heterocycles. The van der Waals surface area contributed by atoms with Crippen LogP contribution in [0.5, 0.6) is 5.75 Å². The van der Waals surface area contributed by atoms with Crippen LogP contribution in [-0.2, 0) is 35.5 Å². The molecule has 2 aromatic carbocycles. The summed E-state index contributed by atoms with van der Waals surface area (Å²) >= 11 is 10.1. The highest BCUT2D eigenvalue weighted by molar-refractivity contribution is 9.10. The van der Waals surface area contributed by atoms with Crippen LogP contribution in [0.1, 0.15) is 61.2 Å². The number of halogens is 2. The lowest BCUT2D eigenvalue weighted by atomic mass is 9.95. The van der Waals surface area contributed by atoms with Gasteiger partial charge in [-0.05, 0) is 109 Å². The predicted octanol–water partition coefficient (Wildman–Crippen LogP) is 6.93. The molecule has 3 heterocycles. The Hall–Kier alpha value is -3.93. The molecule has 0 saturated carbocycles. The van der Waals surface area contributed by atoms with E-state index in [2.05, 4.69) is 37.9 Å². The van der Waals surface area contributed by atoms with Crippen molar-refractivity contribution in [3.8, 4) is 5.75 Å². The maximum Gasteiger partial charge on any atom is 0.411 e. The fraction of sp³-hybridized carbons (Fsp3) is 0.421. The molecule has 6 rings (SSSR count). The molecule has 1 unspecified atom stereocenters. The summed E-state index contributed by atoms with van der Waals surface area (Å²) in [7, 11) is 1.63. The van der Waals surface area contributed by atoms with Gasteiger partial charge < -0.3 is 18.9 Å². The summed E-state index contributed by atoms with van der Waals surface area (Å²) in [6, 6.07) is 14.9. The Morgan fingerprint density at radius 1 is 1.08 bits per heavy atom. The molecule has 2 aromatic heterocycles. The van der Waals surface area contributed by atoms with E-state index in [1.54, 1.807) is 24.5 Å². The normalized spacial score (nSPS) is 17.8. The Morgan fingerprint density at radius 2 is 1.90 bits per heavy atom. The first kappa shape index (κ1) is 35.9. The van der Waals surface area contributed by atoms with E-state index in [1.807, 2.05) is 79.0 Å². The van der Waals surface area contributed by atoms with Crippen LogP contribution < -0.4 is 4.74 Å². The number of hydrogen-bond donors (Lipinski definition) is 0. The zero-order valence-corrected chi connectivity index (χ0v) is 31.4. The average molecular weight is 764 g/mol. The first-order chi connectivity index (χ1) is 24.0. The number of hydrogen-bond acceptors (Lipinski definition) is 7. The molecule has 4 aromatic rings. The summed E-state index contributed by atoms with van der Waals surface area (Å²) in [4.78, 5) is 43.7. The molecule has 0 bridgehead atoms. The smallest absolute Gasteiger partial charge is 0.411 e. The van der Waals surface area contributed by atoms with E-state index < -0.39 is 17.7 Å². The van der Waals surface area contributed by atoms with Gasteiger partial charge in [-0.3, -0.25) is 19.6 Å². The fourth-order valence-corrected chi connectivity index (χ4v) is 7.48. The summed E-state index contributed by atoms with van der Waals surface area (Å²) in [5, 5.41) is 0.689. The Labute approximate surface area is 307 Å². The molecular formula is C38H44BrClN6O4. The number of aryl methyl sites for hydroxylation is 3. The molecule has 10 nitrogen and oxygen atoms in total. The van der Waals surface area contributed by atoms with Crippen molar-refractivity contribution in [1.82, 2.24) is 29.2 Å². The highest BCUT2D eigenvalue weighted by atomic mass is 79.9. The van der Waals surface area contributed by atoms with Crippen molar-refractivity contribution >= 4 is 39.5 Å². The van der Waals surface area contributed by atoms with Gasteiger partial charge in [-0.2, -0.15) is 0 Å². The molecule has 2 amide bonds. The van der Waals surface area contributed by atoms with Crippen LogP contribution in [0.2, 0.25) is 5.02 Å². The summed E-state index contributed by atoms with van der Waals surface area (Å²) in [5.41, 5.74) is 4.60. The molecule has 0 N–H and O–H groups in total. The van der Waals surface area contributed by atoms with Gasteiger partial charge in [0.25, 0.3) is 0 Å². The number of carbonyl (C=O) groups excluding carboxylic acids is 2. The number of imidazole rings is 1. The molecule has 1 aliphatic carbocycles. The van der Waals surface area contributed by atoms with Crippen molar-refractivity contribution in [3.05, 3.63) is 111 Å². The predicted molar refractivity (Wildman–Crippen MR) is 196 cm³/mol. The first-order valence-electron chi connectivity index (χ1n) is 17.0. The molecule has 12 heteroatoms. The summed E-state index contributed by atoms with van der Waals surface area (Å²) in [6.07, 6.45) is 9.13. The zero-order valence-electron chi connectivity index (χ0n) is 29.0. The minimum absolute atomic E-state index is 0.136. The second-order valence-corrected chi connectivity index (χ2v) is 15.2. The highest BCUT2D eigenvalue weighted by Gasteiger charge is 2.43. The number of pyridine rings is 1. The van der Waals surface area contributed by atoms with Gasteiger partial charge in [-0.25, -0.2) is 9.78 Å². The van der Waals surface area contributed by atoms with Crippen molar-refractivity contribution in [2.24, 2.45) is 0 Å². The molecule has 2 aliphatic rings. The third kappa shape index (κ3) is 8.50. The van der Waals surface area contributed by atoms with Gasteiger partial charge >= 0.3 is 6.09 Å². The molecule has 1 fully saturated rings. The second kappa shape index (κ2) is 15.5. The standard InChI is InChI=1S/C38H44BrClN6O4/c1-38(2,3)50-37(48)46-18-17-44(35-32-12-11-30(40)21-27(32)9-10-28-20-29(39)22-42-34(28)35)24-33(46)36(47)45(15-6-14-43-16-13-41-25-43)23-26-7-5-8-31(19-26)49-4/h5,7-8,11-13,16,19-22,25,33,35H,6,9-10,14-15,17-18,23-24H2,1-4H3/t33-,35?/m1/s1. The van der Waals surface area contributed by atoms with E-state index in [0.717, 1.165) is 51.0 Å². The van der Waals surface area contributed by atoms with Gasteiger partial charge in [0.15, 0.2) is 0 Å². The number of fused-ring (bicyclic) bond motifs is 2. The minimum Gasteiger partial charge on any atom is -0.497 e. The molecular weight excluding hydrogens is 720 g/mol. The van der Waals surface area contributed by atoms with Crippen LogP contribution >= 0.6 is 27.5 Å². The monoisotopic (exact) mass is 762 g/mol. The maximum absolute atomic E-state index is 15.0. The summed E-state index contributed by atoms with van der Waals surface area (Å²) < 4.78 is 14.3. The number of benzene rings is 2. The van der Waals surface area contributed by atoms with Gasteiger partial charge in [-0.1, -0.05) is 29.8 Å². The van der Waals surface area contributed by atoms with E-state index in [-0.39, 0.29) is 11.9 Å². The lowest BCUT2D eigenvalue weighted by Gasteiger charge is -2.45. The number of ether oxygens (including phenoxy) is 2. The number of nitrogens with zero attached hydrogens (tertiary/aromatic N) is 6. The molecule has 0 radical (unpaired) electrons. The third-order valence-electron chi connectivity index (χ3n) is 9.20. The van der Waals surface area contributed by atoms with Crippen LogP contribution in [0, 0.1) is 0 Å². The maximum atomic E-state index is 15.0. The van der Waals surface area contributed by atoms with E-state index >= 15 is 0 Å². The molecule has 264 valence electrons. The van der Waals surface area contributed by atoms with Gasteiger partial charge in [-0.15, -0.1) is 0 Å². The Morgan fingerprint density at radius 3 is 2.66 bits per heavy atom. The summed E-state index contributed by atoms with van der Waals surface area (Å²) in [5.74, 6) is 0.584. The third-order valence-corrected chi connectivity index (χ3v) is 9.87. The van der Waals surface area contributed by atoms with E-state index in [4.69, 9.17) is 26.1 Å². The zero-order chi connectivity index (χ0) is 35.4. The first-order valence-corrected chi connectivity index (χ1v) is 18.2. The summed E-state index contributed by atoms with van der Waals surface area (Å²) in [6.45, 7) is 8.23. The van der Waals surface area contributed by atoms with Crippen molar-refractivity contribution in [2.45, 2.75) is 70.8 Å². The van der Waals surface area contributed by atoms with Crippen molar-refractivity contribution in [2.75, 3.05) is 33.3 Å². The molecule has 0 spiro atoms.